The summed E-state index contributed by atoms with van der Waals surface area (Å²) < 4.78 is 17.5. The summed E-state index contributed by atoms with van der Waals surface area (Å²) in [6.07, 6.45) is -1.38. The molecule has 80 valence electrons. The van der Waals surface area contributed by atoms with E-state index in [9.17, 15) is 14.0 Å². The van der Waals surface area contributed by atoms with Crippen molar-refractivity contribution < 1.29 is 23.8 Å². The van der Waals surface area contributed by atoms with E-state index in [-0.39, 0.29) is 11.3 Å². The number of hydrogen-bond donors (Lipinski definition) is 2. The molecule has 0 aliphatic heterocycles. The van der Waals surface area contributed by atoms with Gasteiger partial charge in [0, 0.05) is 0 Å². The number of carbonyl (C=O) groups excluding carboxylic acids is 1. The molecule has 0 radical (unpaired) electrons. The Bertz CT molecular complexity index is 405. The van der Waals surface area contributed by atoms with Gasteiger partial charge in [0.2, 0.25) is 0 Å². The number of anilines is 1. The molecule has 0 saturated carbocycles. The molecule has 0 saturated heterocycles. The lowest BCUT2D eigenvalue weighted by molar-refractivity contribution is 0.0600. The molecule has 5 nitrogen and oxygen atoms in total. The standard InChI is InChI=1S/C9H8FNO4/c1-15-8(12)5-2-3-7(6(10)4-5)11-9(13)14/h2-4,11H,1H3,(H,13,14). The van der Waals surface area contributed by atoms with E-state index in [1.165, 1.54) is 13.2 Å². The zero-order valence-electron chi connectivity index (χ0n) is 7.78. The smallest absolute Gasteiger partial charge is 0.409 e. The quantitative estimate of drug-likeness (QED) is 0.733. The minimum absolute atomic E-state index is 0.0194. The summed E-state index contributed by atoms with van der Waals surface area (Å²) in [6.45, 7) is 0. The Kier molecular flexibility index (Phi) is 3.22. The molecule has 0 bridgehead atoms. The maximum atomic E-state index is 13.2. The first-order valence-electron chi connectivity index (χ1n) is 3.92. The van der Waals surface area contributed by atoms with Crippen molar-refractivity contribution in [1.29, 1.82) is 0 Å². The second-order valence-electron chi connectivity index (χ2n) is 2.62. The number of methoxy groups -OCH3 is 1. The van der Waals surface area contributed by atoms with Crippen LogP contribution < -0.4 is 5.32 Å². The number of halogens is 1. The minimum atomic E-state index is -1.38. The number of rotatable bonds is 2. The molecule has 0 spiro atoms. The topological polar surface area (TPSA) is 75.6 Å². The number of amides is 1. The molecule has 0 fully saturated rings. The summed E-state index contributed by atoms with van der Waals surface area (Å²) in [6, 6.07) is 3.31. The van der Waals surface area contributed by atoms with Gasteiger partial charge in [-0.1, -0.05) is 0 Å². The van der Waals surface area contributed by atoms with Gasteiger partial charge in [0.05, 0.1) is 18.4 Å². The monoisotopic (exact) mass is 213 g/mol. The number of hydrogen-bond acceptors (Lipinski definition) is 3. The SMILES string of the molecule is COC(=O)c1ccc(NC(=O)O)c(F)c1. The highest BCUT2D eigenvalue weighted by molar-refractivity contribution is 5.90. The van der Waals surface area contributed by atoms with Gasteiger partial charge in [-0.25, -0.2) is 14.0 Å². The van der Waals surface area contributed by atoms with E-state index < -0.39 is 17.9 Å². The lowest BCUT2D eigenvalue weighted by atomic mass is 10.2. The van der Waals surface area contributed by atoms with Crippen LogP contribution in [0.1, 0.15) is 10.4 Å². The van der Waals surface area contributed by atoms with Crippen LogP contribution in [0, 0.1) is 5.82 Å². The van der Waals surface area contributed by atoms with Gasteiger partial charge in [-0.15, -0.1) is 0 Å². The van der Waals surface area contributed by atoms with E-state index in [0.29, 0.717) is 0 Å². The van der Waals surface area contributed by atoms with Crippen LogP contribution >= 0.6 is 0 Å². The van der Waals surface area contributed by atoms with Crippen LogP contribution in [0.15, 0.2) is 18.2 Å². The van der Waals surface area contributed by atoms with Crippen LogP contribution in [0.3, 0.4) is 0 Å². The molecule has 0 aliphatic carbocycles. The van der Waals surface area contributed by atoms with Gasteiger partial charge in [0.15, 0.2) is 0 Å². The fourth-order valence-corrected chi connectivity index (χ4v) is 0.977. The highest BCUT2D eigenvalue weighted by Gasteiger charge is 2.10. The van der Waals surface area contributed by atoms with E-state index in [1.807, 2.05) is 5.32 Å². The van der Waals surface area contributed by atoms with E-state index in [0.717, 1.165) is 12.1 Å². The molecule has 15 heavy (non-hydrogen) atoms. The predicted molar refractivity (Wildman–Crippen MR) is 49.4 cm³/mol. The van der Waals surface area contributed by atoms with Crippen LogP contribution in [0.5, 0.6) is 0 Å². The summed E-state index contributed by atoms with van der Waals surface area (Å²) in [5.74, 6) is -1.52. The van der Waals surface area contributed by atoms with Gasteiger partial charge >= 0.3 is 12.1 Å². The molecule has 1 aromatic carbocycles. The first-order valence-corrected chi connectivity index (χ1v) is 3.92. The second-order valence-corrected chi connectivity index (χ2v) is 2.62. The lowest BCUT2D eigenvalue weighted by Gasteiger charge is -2.04. The Morgan fingerprint density at radius 1 is 1.47 bits per heavy atom. The Hall–Kier alpha value is -2.11. The van der Waals surface area contributed by atoms with Crippen LogP contribution in [-0.4, -0.2) is 24.3 Å². The van der Waals surface area contributed by atoms with Gasteiger partial charge in [0.1, 0.15) is 5.82 Å². The molecule has 6 heteroatoms. The van der Waals surface area contributed by atoms with E-state index in [2.05, 4.69) is 4.74 Å². The van der Waals surface area contributed by atoms with Crippen molar-refractivity contribution in [2.75, 3.05) is 12.4 Å². The van der Waals surface area contributed by atoms with Crippen molar-refractivity contribution in [2.24, 2.45) is 0 Å². The lowest BCUT2D eigenvalue weighted by Crippen LogP contribution is -2.10. The third-order valence-electron chi connectivity index (χ3n) is 1.63. The average molecular weight is 213 g/mol. The summed E-state index contributed by atoms with van der Waals surface area (Å²) in [5.41, 5.74) is -0.193. The fraction of sp³-hybridized carbons (Fsp3) is 0.111. The summed E-state index contributed by atoms with van der Waals surface area (Å²) >= 11 is 0. The largest absolute Gasteiger partial charge is 0.465 e. The minimum Gasteiger partial charge on any atom is -0.465 e. The molecule has 0 unspecified atom stereocenters. The van der Waals surface area contributed by atoms with Crippen molar-refractivity contribution in [1.82, 2.24) is 0 Å². The average Bonchev–Trinajstić information content (AvgIpc) is 2.19. The summed E-state index contributed by atoms with van der Waals surface area (Å²) in [7, 11) is 1.17. The van der Waals surface area contributed by atoms with E-state index in [1.54, 1.807) is 0 Å². The van der Waals surface area contributed by atoms with Gasteiger partial charge in [0.25, 0.3) is 0 Å². The van der Waals surface area contributed by atoms with Crippen molar-refractivity contribution in [3.8, 4) is 0 Å². The first kappa shape index (κ1) is 11.0. The third-order valence-corrected chi connectivity index (χ3v) is 1.63. The van der Waals surface area contributed by atoms with Crippen LogP contribution in [0.4, 0.5) is 14.9 Å². The molecular formula is C9H8FNO4. The zero-order chi connectivity index (χ0) is 11.4. The van der Waals surface area contributed by atoms with Crippen molar-refractivity contribution in [3.63, 3.8) is 0 Å². The molecular weight excluding hydrogens is 205 g/mol. The Morgan fingerprint density at radius 3 is 2.60 bits per heavy atom. The van der Waals surface area contributed by atoms with Crippen LogP contribution in [0.25, 0.3) is 0 Å². The fourth-order valence-electron chi connectivity index (χ4n) is 0.977. The number of benzene rings is 1. The Labute approximate surface area is 84.5 Å². The Morgan fingerprint density at radius 2 is 2.13 bits per heavy atom. The van der Waals surface area contributed by atoms with E-state index >= 15 is 0 Å². The van der Waals surface area contributed by atoms with Crippen molar-refractivity contribution in [2.45, 2.75) is 0 Å². The number of carboxylic acid groups (broad SMARTS) is 1. The third kappa shape index (κ3) is 2.67. The molecule has 0 aromatic heterocycles. The van der Waals surface area contributed by atoms with Gasteiger partial charge in [-0.05, 0) is 18.2 Å². The van der Waals surface area contributed by atoms with E-state index in [4.69, 9.17) is 5.11 Å². The molecule has 1 amide bonds. The van der Waals surface area contributed by atoms with Crippen molar-refractivity contribution >= 4 is 17.7 Å². The number of nitrogens with one attached hydrogen (secondary N) is 1. The zero-order valence-corrected chi connectivity index (χ0v) is 7.78. The normalized spacial score (nSPS) is 9.47. The number of carbonyl (C=O) groups is 2. The molecule has 0 heterocycles. The first-order chi connectivity index (χ1) is 7.04. The highest BCUT2D eigenvalue weighted by atomic mass is 19.1. The maximum Gasteiger partial charge on any atom is 0.409 e. The predicted octanol–water partition coefficient (Wildman–Crippen LogP) is 1.70. The Balaban J connectivity index is 2.97. The maximum absolute atomic E-state index is 13.2. The molecule has 2 N–H and O–H groups in total. The van der Waals surface area contributed by atoms with Crippen LogP contribution in [-0.2, 0) is 4.74 Å². The molecule has 0 atom stereocenters. The number of esters is 1. The summed E-state index contributed by atoms with van der Waals surface area (Å²) in [4.78, 5) is 21.2. The van der Waals surface area contributed by atoms with Gasteiger partial charge in [-0.3, -0.25) is 5.32 Å². The molecule has 1 aromatic rings. The molecule has 0 aliphatic rings. The van der Waals surface area contributed by atoms with Gasteiger partial charge in [-0.2, -0.15) is 0 Å². The van der Waals surface area contributed by atoms with Crippen molar-refractivity contribution in [3.05, 3.63) is 29.6 Å². The van der Waals surface area contributed by atoms with Gasteiger partial charge < -0.3 is 9.84 Å². The number of ether oxygens (including phenoxy) is 1. The second kappa shape index (κ2) is 4.41. The highest BCUT2D eigenvalue weighted by Crippen LogP contribution is 2.16. The molecule has 1 rings (SSSR count). The summed E-state index contributed by atoms with van der Waals surface area (Å²) in [5, 5.41) is 10.2. The van der Waals surface area contributed by atoms with Crippen LogP contribution in [0.2, 0.25) is 0 Å².